The van der Waals surface area contributed by atoms with Crippen LogP contribution in [-0.4, -0.2) is 51.2 Å². The Morgan fingerprint density at radius 3 is 2.23 bits per heavy atom. The molecule has 1 N–H and O–H groups in total. The van der Waals surface area contributed by atoms with Gasteiger partial charge in [-0.3, -0.25) is 14.5 Å². The number of carbonyl (C=O) groups excluding carboxylic acids is 2. The third-order valence-electron chi connectivity index (χ3n) is 4.43. The lowest BCUT2D eigenvalue weighted by atomic mass is 10.1. The number of rotatable bonds is 8. The van der Waals surface area contributed by atoms with E-state index in [4.69, 9.17) is 18.9 Å². The summed E-state index contributed by atoms with van der Waals surface area (Å²) in [6.07, 6.45) is 1.63. The van der Waals surface area contributed by atoms with Gasteiger partial charge >= 0.3 is 0 Å². The number of methoxy groups -OCH3 is 4. The molecule has 0 atom stereocenters. The summed E-state index contributed by atoms with van der Waals surface area (Å²) >= 11 is 0.871. The van der Waals surface area contributed by atoms with Crippen molar-refractivity contribution in [2.24, 2.45) is 0 Å². The van der Waals surface area contributed by atoms with Crippen LogP contribution in [0.2, 0.25) is 0 Å². The number of imide groups is 1. The molecule has 2 amide bonds. The van der Waals surface area contributed by atoms with Crippen molar-refractivity contribution in [1.29, 1.82) is 0 Å². The van der Waals surface area contributed by atoms with Gasteiger partial charge in [-0.1, -0.05) is 0 Å². The van der Waals surface area contributed by atoms with Gasteiger partial charge in [-0.15, -0.1) is 0 Å². The van der Waals surface area contributed by atoms with E-state index in [1.54, 1.807) is 56.7 Å². The molecule has 1 fully saturated rings. The molecule has 1 saturated heterocycles. The quantitative estimate of drug-likeness (QED) is 0.633. The van der Waals surface area contributed by atoms with E-state index in [-0.39, 0.29) is 11.9 Å². The molecule has 158 valence electrons. The standard InChI is InChI=1S/C21H22N2O6S/c1-26-14-6-8-17(28-3)13(9-14)10-19-20(24)23(21(25)30-19)12-22-16-7-5-15(27-2)11-18(16)29-4/h5-11,22H,12H2,1-4H3. The Hall–Kier alpha value is -3.33. The van der Waals surface area contributed by atoms with Crippen LogP contribution >= 0.6 is 11.8 Å². The first-order valence-electron chi connectivity index (χ1n) is 8.94. The summed E-state index contributed by atoms with van der Waals surface area (Å²) in [6.45, 7) is -0.0000583. The first kappa shape index (κ1) is 21.4. The fourth-order valence-electron chi connectivity index (χ4n) is 2.84. The summed E-state index contributed by atoms with van der Waals surface area (Å²) < 4.78 is 21.1. The van der Waals surface area contributed by atoms with Crippen LogP contribution in [0.15, 0.2) is 41.3 Å². The van der Waals surface area contributed by atoms with Gasteiger partial charge in [0.15, 0.2) is 0 Å². The summed E-state index contributed by atoms with van der Waals surface area (Å²) in [5.74, 6) is 1.98. The van der Waals surface area contributed by atoms with Gasteiger partial charge in [-0.05, 0) is 48.2 Å². The maximum Gasteiger partial charge on any atom is 0.295 e. The number of nitrogens with zero attached hydrogens (tertiary/aromatic N) is 1. The van der Waals surface area contributed by atoms with E-state index in [2.05, 4.69) is 5.32 Å². The fourth-order valence-corrected chi connectivity index (χ4v) is 3.67. The van der Waals surface area contributed by atoms with Gasteiger partial charge < -0.3 is 24.3 Å². The molecule has 1 aliphatic rings. The van der Waals surface area contributed by atoms with Gasteiger partial charge in [-0.2, -0.15) is 0 Å². The number of thioether (sulfide) groups is 1. The molecule has 30 heavy (non-hydrogen) atoms. The van der Waals surface area contributed by atoms with Crippen molar-refractivity contribution >= 4 is 34.7 Å². The lowest BCUT2D eigenvalue weighted by molar-refractivity contribution is -0.122. The van der Waals surface area contributed by atoms with Crippen LogP contribution < -0.4 is 24.3 Å². The highest BCUT2D eigenvalue weighted by Gasteiger charge is 2.35. The first-order chi connectivity index (χ1) is 14.5. The highest BCUT2D eigenvalue weighted by Crippen LogP contribution is 2.35. The number of ether oxygens (including phenoxy) is 4. The van der Waals surface area contributed by atoms with Crippen LogP contribution in [0, 0.1) is 0 Å². The molecule has 3 rings (SSSR count). The molecule has 2 aromatic rings. The first-order valence-corrected chi connectivity index (χ1v) is 9.75. The van der Waals surface area contributed by atoms with E-state index in [0.29, 0.717) is 39.2 Å². The Morgan fingerprint density at radius 2 is 1.57 bits per heavy atom. The second-order valence-corrected chi connectivity index (χ2v) is 7.11. The van der Waals surface area contributed by atoms with Gasteiger partial charge in [0.2, 0.25) is 0 Å². The molecule has 8 nitrogen and oxygen atoms in total. The maximum atomic E-state index is 12.8. The monoisotopic (exact) mass is 430 g/mol. The van der Waals surface area contributed by atoms with Crippen molar-refractivity contribution in [2.75, 3.05) is 40.4 Å². The van der Waals surface area contributed by atoms with E-state index in [1.807, 2.05) is 0 Å². The van der Waals surface area contributed by atoms with Crippen LogP contribution in [0.3, 0.4) is 0 Å². The number of anilines is 1. The average molecular weight is 430 g/mol. The smallest absolute Gasteiger partial charge is 0.295 e. The lowest BCUT2D eigenvalue weighted by Crippen LogP contribution is -2.33. The Bertz CT molecular complexity index is 991. The minimum absolute atomic E-state index is 0.0000583. The maximum absolute atomic E-state index is 12.8. The van der Waals surface area contributed by atoms with E-state index in [9.17, 15) is 9.59 Å². The van der Waals surface area contributed by atoms with Gasteiger partial charge in [0.05, 0.1) is 45.7 Å². The molecule has 9 heteroatoms. The molecule has 0 aliphatic carbocycles. The van der Waals surface area contributed by atoms with E-state index >= 15 is 0 Å². The van der Waals surface area contributed by atoms with Crippen LogP contribution in [0.1, 0.15) is 5.56 Å². The van der Waals surface area contributed by atoms with Gasteiger partial charge in [0, 0.05) is 11.6 Å². The average Bonchev–Trinajstić information content (AvgIpc) is 3.04. The minimum atomic E-state index is -0.394. The largest absolute Gasteiger partial charge is 0.497 e. The lowest BCUT2D eigenvalue weighted by Gasteiger charge is -2.17. The van der Waals surface area contributed by atoms with Gasteiger partial charge in [0.1, 0.15) is 23.0 Å². The highest BCUT2D eigenvalue weighted by atomic mass is 32.2. The molecule has 0 radical (unpaired) electrons. The predicted molar refractivity (Wildman–Crippen MR) is 115 cm³/mol. The van der Waals surface area contributed by atoms with Crippen LogP contribution in [0.4, 0.5) is 10.5 Å². The van der Waals surface area contributed by atoms with Crippen molar-refractivity contribution in [3.63, 3.8) is 0 Å². The van der Waals surface area contributed by atoms with Crippen LogP contribution in [0.5, 0.6) is 23.0 Å². The zero-order chi connectivity index (χ0) is 21.7. The summed E-state index contributed by atoms with van der Waals surface area (Å²) in [6, 6.07) is 10.5. The Morgan fingerprint density at radius 1 is 0.900 bits per heavy atom. The summed E-state index contributed by atoms with van der Waals surface area (Å²) in [4.78, 5) is 26.7. The molecule has 0 spiro atoms. The SMILES string of the molecule is COc1ccc(OC)c(C=C2SC(=O)N(CNc3ccc(OC)cc3OC)C2=O)c1. The molecule has 0 bridgehead atoms. The molecular weight excluding hydrogens is 408 g/mol. The van der Waals surface area contributed by atoms with Crippen molar-refractivity contribution in [3.05, 3.63) is 46.9 Å². The summed E-state index contributed by atoms with van der Waals surface area (Å²) in [7, 11) is 6.19. The van der Waals surface area contributed by atoms with Gasteiger partial charge in [-0.25, -0.2) is 0 Å². The summed E-state index contributed by atoms with van der Waals surface area (Å²) in [5.41, 5.74) is 1.28. The van der Waals surface area contributed by atoms with Crippen molar-refractivity contribution in [1.82, 2.24) is 4.90 Å². The number of carbonyl (C=O) groups is 2. The van der Waals surface area contributed by atoms with Crippen molar-refractivity contribution in [2.45, 2.75) is 0 Å². The third-order valence-corrected chi connectivity index (χ3v) is 5.34. The van der Waals surface area contributed by atoms with E-state index in [0.717, 1.165) is 16.7 Å². The fraction of sp³-hybridized carbons (Fsp3) is 0.238. The molecule has 2 aromatic carbocycles. The second-order valence-electron chi connectivity index (χ2n) is 6.12. The molecule has 1 heterocycles. The molecular formula is C21H22N2O6S. The normalized spacial score (nSPS) is 14.8. The van der Waals surface area contributed by atoms with Gasteiger partial charge in [0.25, 0.3) is 11.1 Å². The topological polar surface area (TPSA) is 86.3 Å². The Balaban J connectivity index is 1.78. The molecule has 0 unspecified atom stereocenters. The molecule has 1 aliphatic heterocycles. The number of nitrogens with one attached hydrogen (secondary N) is 1. The molecule has 0 aromatic heterocycles. The zero-order valence-electron chi connectivity index (χ0n) is 17.1. The van der Waals surface area contributed by atoms with Crippen LogP contribution in [0.25, 0.3) is 6.08 Å². The number of benzene rings is 2. The van der Waals surface area contributed by atoms with Crippen LogP contribution in [-0.2, 0) is 4.79 Å². The van der Waals surface area contributed by atoms with E-state index in [1.165, 1.54) is 14.2 Å². The second kappa shape index (κ2) is 9.45. The summed E-state index contributed by atoms with van der Waals surface area (Å²) in [5, 5.41) is 2.69. The Kier molecular flexibility index (Phi) is 6.73. The van der Waals surface area contributed by atoms with Crippen molar-refractivity contribution in [3.8, 4) is 23.0 Å². The van der Waals surface area contributed by atoms with Crippen molar-refractivity contribution < 1.29 is 28.5 Å². The molecule has 0 saturated carbocycles. The zero-order valence-corrected chi connectivity index (χ0v) is 17.9. The minimum Gasteiger partial charge on any atom is -0.497 e. The van der Waals surface area contributed by atoms with E-state index < -0.39 is 5.91 Å². The predicted octanol–water partition coefficient (Wildman–Crippen LogP) is 3.83. The highest BCUT2D eigenvalue weighted by molar-refractivity contribution is 8.18. The number of amides is 2. The Labute approximate surface area is 178 Å². The third kappa shape index (κ3) is 4.46. The number of hydrogen-bond acceptors (Lipinski definition) is 8. The number of hydrogen-bond donors (Lipinski definition) is 1.